The number of non-ortho nitro benzene ring substituents is 1. The lowest BCUT2D eigenvalue weighted by atomic mass is 10.2. The van der Waals surface area contributed by atoms with Gasteiger partial charge in [0.2, 0.25) is 0 Å². The third-order valence-corrected chi connectivity index (χ3v) is 4.20. The molecule has 0 bridgehead atoms. The van der Waals surface area contributed by atoms with Gasteiger partial charge >= 0.3 is 0 Å². The molecule has 3 aromatic carbocycles. The summed E-state index contributed by atoms with van der Waals surface area (Å²) < 4.78 is 11.5. The Bertz CT molecular complexity index is 1080. The van der Waals surface area contributed by atoms with Crippen LogP contribution in [0.1, 0.15) is 28.4 Å². The quantitative estimate of drug-likeness (QED) is 0.316. The van der Waals surface area contributed by atoms with E-state index in [1.54, 1.807) is 18.2 Å². The molecule has 0 saturated heterocycles. The Morgan fingerprint density at radius 1 is 1.03 bits per heavy atom. The average Bonchev–Trinajstić information content (AvgIpc) is 2.79. The zero-order chi connectivity index (χ0) is 22.1. The molecule has 0 spiro atoms. The van der Waals surface area contributed by atoms with E-state index in [-0.39, 0.29) is 11.3 Å². The maximum Gasteiger partial charge on any atom is 0.271 e. The SMILES string of the molecule is CCOc1cc(/C=N/NC(=O)c2cccc([N+](=O)[O-])c2)ccc1OCc1ccccc1. The van der Waals surface area contributed by atoms with Gasteiger partial charge in [-0.25, -0.2) is 5.43 Å². The highest BCUT2D eigenvalue weighted by atomic mass is 16.6. The minimum atomic E-state index is -0.559. The lowest BCUT2D eigenvalue weighted by Gasteiger charge is -2.12. The number of nitrogens with zero attached hydrogens (tertiary/aromatic N) is 2. The predicted molar refractivity (Wildman–Crippen MR) is 117 cm³/mol. The average molecular weight is 419 g/mol. The van der Waals surface area contributed by atoms with Crippen LogP contribution in [0.4, 0.5) is 5.69 Å². The number of hydrazone groups is 1. The van der Waals surface area contributed by atoms with Crippen molar-refractivity contribution in [2.75, 3.05) is 6.61 Å². The fraction of sp³-hybridized carbons (Fsp3) is 0.130. The number of amides is 1. The summed E-state index contributed by atoms with van der Waals surface area (Å²) in [5.41, 5.74) is 4.07. The molecular weight excluding hydrogens is 398 g/mol. The van der Waals surface area contributed by atoms with E-state index in [1.807, 2.05) is 37.3 Å². The molecule has 0 atom stereocenters. The minimum absolute atomic E-state index is 0.144. The van der Waals surface area contributed by atoms with Crippen LogP contribution < -0.4 is 14.9 Å². The van der Waals surface area contributed by atoms with Crippen molar-refractivity contribution in [3.05, 3.63) is 99.6 Å². The number of hydrogen-bond donors (Lipinski definition) is 1. The number of nitrogens with one attached hydrogen (secondary N) is 1. The van der Waals surface area contributed by atoms with E-state index in [2.05, 4.69) is 10.5 Å². The third-order valence-electron chi connectivity index (χ3n) is 4.20. The van der Waals surface area contributed by atoms with Gasteiger partial charge in [-0.15, -0.1) is 0 Å². The van der Waals surface area contributed by atoms with E-state index >= 15 is 0 Å². The standard InChI is InChI=1S/C23H21N3O5/c1-2-30-22-13-18(11-12-21(22)31-16-17-7-4-3-5-8-17)15-24-25-23(27)19-9-6-10-20(14-19)26(28)29/h3-15H,2,16H2,1H3,(H,25,27)/b24-15+. The minimum Gasteiger partial charge on any atom is -0.490 e. The van der Waals surface area contributed by atoms with Crippen molar-refractivity contribution in [3.8, 4) is 11.5 Å². The highest BCUT2D eigenvalue weighted by Crippen LogP contribution is 2.29. The molecule has 3 rings (SSSR count). The van der Waals surface area contributed by atoms with Gasteiger partial charge in [-0.3, -0.25) is 14.9 Å². The van der Waals surface area contributed by atoms with Crippen molar-refractivity contribution in [2.45, 2.75) is 13.5 Å². The van der Waals surface area contributed by atoms with Gasteiger partial charge in [-0.2, -0.15) is 5.10 Å². The van der Waals surface area contributed by atoms with Crippen LogP contribution in [-0.4, -0.2) is 23.7 Å². The molecule has 0 aliphatic rings. The Hall–Kier alpha value is -4.20. The number of ether oxygens (including phenoxy) is 2. The smallest absolute Gasteiger partial charge is 0.271 e. The fourth-order valence-corrected chi connectivity index (χ4v) is 2.72. The van der Waals surface area contributed by atoms with E-state index in [1.165, 1.54) is 30.5 Å². The molecule has 0 heterocycles. The second-order valence-corrected chi connectivity index (χ2v) is 6.42. The molecule has 31 heavy (non-hydrogen) atoms. The number of carbonyl (C=O) groups excluding carboxylic acids is 1. The number of nitro groups is 1. The van der Waals surface area contributed by atoms with Gasteiger partial charge in [0.05, 0.1) is 17.7 Å². The monoisotopic (exact) mass is 419 g/mol. The van der Waals surface area contributed by atoms with Gasteiger partial charge in [0.1, 0.15) is 6.61 Å². The Morgan fingerprint density at radius 3 is 2.58 bits per heavy atom. The number of rotatable bonds is 9. The van der Waals surface area contributed by atoms with Crippen molar-refractivity contribution < 1.29 is 19.2 Å². The van der Waals surface area contributed by atoms with Gasteiger partial charge in [-0.05, 0) is 42.3 Å². The summed E-state index contributed by atoms with van der Waals surface area (Å²) in [6.45, 7) is 2.75. The molecule has 0 aromatic heterocycles. The van der Waals surface area contributed by atoms with Crippen LogP contribution in [0, 0.1) is 10.1 Å². The Morgan fingerprint density at radius 2 is 1.84 bits per heavy atom. The molecular formula is C23H21N3O5. The van der Waals surface area contributed by atoms with Crippen LogP contribution in [-0.2, 0) is 6.61 Å². The second-order valence-electron chi connectivity index (χ2n) is 6.42. The van der Waals surface area contributed by atoms with Crippen LogP contribution in [0.3, 0.4) is 0 Å². The van der Waals surface area contributed by atoms with E-state index in [9.17, 15) is 14.9 Å². The summed E-state index contributed by atoms with van der Waals surface area (Å²) in [7, 11) is 0. The Kier molecular flexibility index (Phi) is 7.31. The molecule has 0 fully saturated rings. The normalized spacial score (nSPS) is 10.6. The van der Waals surface area contributed by atoms with Crippen LogP contribution in [0.15, 0.2) is 77.9 Å². The van der Waals surface area contributed by atoms with Crippen molar-refractivity contribution in [1.82, 2.24) is 5.43 Å². The predicted octanol–water partition coefficient (Wildman–Crippen LogP) is 4.34. The highest BCUT2D eigenvalue weighted by molar-refractivity contribution is 5.95. The Balaban J connectivity index is 1.66. The van der Waals surface area contributed by atoms with Gasteiger partial charge < -0.3 is 9.47 Å². The molecule has 8 nitrogen and oxygen atoms in total. The molecule has 158 valence electrons. The van der Waals surface area contributed by atoms with E-state index in [0.29, 0.717) is 30.3 Å². The first-order valence-electron chi connectivity index (χ1n) is 9.58. The maximum absolute atomic E-state index is 12.2. The first-order chi connectivity index (χ1) is 15.1. The Labute approximate surface area is 179 Å². The molecule has 0 saturated carbocycles. The van der Waals surface area contributed by atoms with Crippen LogP contribution in [0.2, 0.25) is 0 Å². The maximum atomic E-state index is 12.2. The van der Waals surface area contributed by atoms with Gasteiger partial charge in [0.25, 0.3) is 11.6 Å². The molecule has 1 amide bonds. The van der Waals surface area contributed by atoms with Crippen molar-refractivity contribution in [3.63, 3.8) is 0 Å². The molecule has 8 heteroatoms. The summed E-state index contributed by atoms with van der Waals surface area (Å²) in [5.74, 6) is 0.615. The fourth-order valence-electron chi connectivity index (χ4n) is 2.72. The van der Waals surface area contributed by atoms with Crippen molar-refractivity contribution in [2.24, 2.45) is 5.10 Å². The zero-order valence-corrected chi connectivity index (χ0v) is 16.9. The molecule has 0 aliphatic heterocycles. The number of benzene rings is 3. The number of nitro benzene ring substituents is 1. The summed E-state index contributed by atoms with van der Waals surface area (Å²) in [4.78, 5) is 22.4. The van der Waals surface area contributed by atoms with Crippen molar-refractivity contribution in [1.29, 1.82) is 0 Å². The third kappa shape index (κ3) is 6.14. The van der Waals surface area contributed by atoms with Gasteiger partial charge in [0, 0.05) is 17.7 Å². The summed E-state index contributed by atoms with van der Waals surface area (Å²) in [6, 6.07) is 20.5. The summed E-state index contributed by atoms with van der Waals surface area (Å²) in [5, 5.41) is 14.8. The topological polar surface area (TPSA) is 103 Å². The summed E-state index contributed by atoms with van der Waals surface area (Å²) in [6.07, 6.45) is 1.46. The van der Waals surface area contributed by atoms with Crippen molar-refractivity contribution >= 4 is 17.8 Å². The van der Waals surface area contributed by atoms with Gasteiger partial charge in [0.15, 0.2) is 11.5 Å². The molecule has 1 N–H and O–H groups in total. The first-order valence-corrected chi connectivity index (χ1v) is 9.58. The lowest BCUT2D eigenvalue weighted by molar-refractivity contribution is -0.384. The molecule has 0 radical (unpaired) electrons. The number of carbonyl (C=O) groups is 1. The van der Waals surface area contributed by atoms with E-state index in [0.717, 1.165) is 5.56 Å². The zero-order valence-electron chi connectivity index (χ0n) is 16.9. The second kappa shape index (κ2) is 10.5. The lowest BCUT2D eigenvalue weighted by Crippen LogP contribution is -2.17. The number of hydrogen-bond acceptors (Lipinski definition) is 6. The molecule has 3 aromatic rings. The molecule has 0 aliphatic carbocycles. The van der Waals surface area contributed by atoms with Crippen LogP contribution >= 0.6 is 0 Å². The first kappa shape index (κ1) is 21.5. The van der Waals surface area contributed by atoms with Crippen LogP contribution in [0.5, 0.6) is 11.5 Å². The van der Waals surface area contributed by atoms with Crippen LogP contribution in [0.25, 0.3) is 0 Å². The largest absolute Gasteiger partial charge is 0.490 e. The molecule has 0 unspecified atom stereocenters. The van der Waals surface area contributed by atoms with E-state index < -0.39 is 10.8 Å². The van der Waals surface area contributed by atoms with E-state index in [4.69, 9.17) is 9.47 Å². The highest BCUT2D eigenvalue weighted by Gasteiger charge is 2.11. The summed E-state index contributed by atoms with van der Waals surface area (Å²) >= 11 is 0. The van der Waals surface area contributed by atoms with Gasteiger partial charge in [-0.1, -0.05) is 36.4 Å².